The molecule has 0 bridgehead atoms. The van der Waals surface area contributed by atoms with Crippen molar-refractivity contribution in [2.24, 2.45) is 0 Å². The highest BCUT2D eigenvalue weighted by Crippen LogP contribution is 2.24. The molecule has 0 saturated heterocycles. The van der Waals surface area contributed by atoms with Crippen molar-refractivity contribution in [2.45, 2.75) is 33.2 Å². The van der Waals surface area contributed by atoms with Gasteiger partial charge in [0, 0.05) is 12.1 Å². The molecule has 7 heteroatoms. The smallest absolute Gasteiger partial charge is 0.329 e. The van der Waals surface area contributed by atoms with Crippen molar-refractivity contribution >= 4 is 17.5 Å². The van der Waals surface area contributed by atoms with Gasteiger partial charge in [0.05, 0.1) is 4.92 Å². The molecule has 0 fully saturated rings. The molecule has 0 atom stereocenters. The van der Waals surface area contributed by atoms with Crippen LogP contribution >= 0.6 is 0 Å². The lowest BCUT2D eigenvalue weighted by Crippen LogP contribution is -2.27. The number of nitro groups is 1. The van der Waals surface area contributed by atoms with Crippen LogP contribution in [0.4, 0.5) is 17.5 Å². The Morgan fingerprint density at radius 1 is 1.47 bits per heavy atom. The number of anilines is 2. The lowest BCUT2D eigenvalue weighted by atomic mass is 10.1. The molecule has 2 N–H and O–H groups in total. The lowest BCUT2D eigenvalue weighted by Gasteiger charge is -2.21. The Morgan fingerprint density at radius 2 is 2.12 bits per heavy atom. The van der Waals surface area contributed by atoms with Gasteiger partial charge in [0.2, 0.25) is 11.8 Å². The molecule has 94 valence electrons. The van der Waals surface area contributed by atoms with Crippen molar-refractivity contribution in [2.75, 3.05) is 17.2 Å². The van der Waals surface area contributed by atoms with Crippen molar-refractivity contribution in [1.29, 1.82) is 0 Å². The Hall–Kier alpha value is -1.92. The van der Waals surface area contributed by atoms with E-state index in [4.69, 9.17) is 0 Å². The molecule has 0 unspecified atom stereocenters. The molecule has 1 aromatic rings. The van der Waals surface area contributed by atoms with Gasteiger partial charge in [-0.3, -0.25) is 10.1 Å². The van der Waals surface area contributed by atoms with Gasteiger partial charge in [-0.15, -0.1) is 0 Å². The van der Waals surface area contributed by atoms with Crippen LogP contribution in [0.15, 0.2) is 6.20 Å². The number of hydrogen-bond acceptors (Lipinski definition) is 6. The summed E-state index contributed by atoms with van der Waals surface area (Å²) in [5.74, 6) is 0.610. The number of aromatic nitrogens is 2. The highest BCUT2D eigenvalue weighted by Gasteiger charge is 2.21. The first-order chi connectivity index (χ1) is 7.83. The van der Waals surface area contributed by atoms with Crippen LogP contribution in [0.1, 0.15) is 27.7 Å². The van der Waals surface area contributed by atoms with E-state index < -0.39 is 4.92 Å². The van der Waals surface area contributed by atoms with E-state index in [0.717, 1.165) is 0 Å². The van der Waals surface area contributed by atoms with Crippen molar-refractivity contribution < 1.29 is 4.92 Å². The molecule has 0 radical (unpaired) electrons. The third-order valence-corrected chi connectivity index (χ3v) is 1.79. The predicted octanol–water partition coefficient (Wildman–Crippen LogP) is 2.03. The van der Waals surface area contributed by atoms with E-state index in [9.17, 15) is 10.1 Å². The molecule has 0 aliphatic heterocycles. The first kappa shape index (κ1) is 13.1. The molecule has 17 heavy (non-hydrogen) atoms. The zero-order chi connectivity index (χ0) is 13.1. The Balaban J connectivity index is 3.11. The quantitative estimate of drug-likeness (QED) is 0.616. The molecule has 0 spiro atoms. The second-order valence-electron chi connectivity index (χ2n) is 4.59. The van der Waals surface area contributed by atoms with Crippen LogP contribution in [-0.2, 0) is 0 Å². The maximum atomic E-state index is 10.8. The van der Waals surface area contributed by atoms with E-state index in [1.807, 2.05) is 27.7 Å². The first-order valence-electron chi connectivity index (χ1n) is 5.37. The maximum Gasteiger partial charge on any atom is 0.329 e. The van der Waals surface area contributed by atoms with E-state index in [1.54, 1.807) is 0 Å². The fraction of sp³-hybridized carbons (Fsp3) is 0.600. The summed E-state index contributed by atoms with van der Waals surface area (Å²) in [7, 11) is 0. The van der Waals surface area contributed by atoms with Crippen molar-refractivity contribution in [3.63, 3.8) is 0 Å². The van der Waals surface area contributed by atoms with Gasteiger partial charge in [0.25, 0.3) is 0 Å². The molecule has 0 amide bonds. The van der Waals surface area contributed by atoms with Gasteiger partial charge < -0.3 is 10.6 Å². The monoisotopic (exact) mass is 239 g/mol. The van der Waals surface area contributed by atoms with Crippen LogP contribution in [0.5, 0.6) is 0 Å². The summed E-state index contributed by atoms with van der Waals surface area (Å²) in [6.45, 7) is 8.29. The van der Waals surface area contributed by atoms with E-state index in [1.165, 1.54) is 6.20 Å². The minimum Gasteiger partial charge on any atom is -0.360 e. The highest BCUT2D eigenvalue weighted by molar-refractivity contribution is 5.57. The van der Waals surface area contributed by atoms with Crippen LogP contribution in [0.3, 0.4) is 0 Å². The second-order valence-corrected chi connectivity index (χ2v) is 4.59. The Bertz CT molecular complexity index is 414. The standard InChI is InChI=1S/C10H17N5O2/c1-5-11-9-12-6-7(15(16)17)8(13-9)14-10(2,3)4/h6H,5H2,1-4H3,(H2,11,12,13,14). The number of hydrogen-bond donors (Lipinski definition) is 2. The molecule has 0 saturated carbocycles. The van der Waals surface area contributed by atoms with Crippen LogP contribution < -0.4 is 10.6 Å². The van der Waals surface area contributed by atoms with Crippen LogP contribution in [0.2, 0.25) is 0 Å². The van der Waals surface area contributed by atoms with Crippen molar-refractivity contribution in [3.8, 4) is 0 Å². The fourth-order valence-electron chi connectivity index (χ4n) is 1.20. The summed E-state index contributed by atoms with van der Waals surface area (Å²) in [6.07, 6.45) is 1.21. The Morgan fingerprint density at radius 3 is 2.59 bits per heavy atom. The summed E-state index contributed by atoms with van der Waals surface area (Å²) in [5, 5.41) is 16.8. The van der Waals surface area contributed by atoms with E-state index in [-0.39, 0.29) is 17.0 Å². The molecule has 1 heterocycles. The van der Waals surface area contributed by atoms with E-state index in [0.29, 0.717) is 12.5 Å². The molecular weight excluding hydrogens is 222 g/mol. The average Bonchev–Trinajstić information content (AvgIpc) is 2.15. The normalized spacial score (nSPS) is 11.1. The van der Waals surface area contributed by atoms with Crippen LogP contribution in [-0.4, -0.2) is 27.0 Å². The molecule has 0 aliphatic rings. The highest BCUT2D eigenvalue weighted by atomic mass is 16.6. The topological polar surface area (TPSA) is 93.0 Å². The lowest BCUT2D eigenvalue weighted by molar-refractivity contribution is -0.384. The third-order valence-electron chi connectivity index (χ3n) is 1.79. The van der Waals surface area contributed by atoms with Crippen molar-refractivity contribution in [1.82, 2.24) is 9.97 Å². The molecule has 7 nitrogen and oxygen atoms in total. The summed E-state index contributed by atoms with van der Waals surface area (Å²) in [4.78, 5) is 18.3. The summed E-state index contributed by atoms with van der Waals surface area (Å²) < 4.78 is 0. The minimum absolute atomic E-state index is 0.124. The fourth-order valence-corrected chi connectivity index (χ4v) is 1.20. The zero-order valence-electron chi connectivity index (χ0n) is 10.4. The SMILES string of the molecule is CCNc1ncc([N+](=O)[O-])c(NC(C)(C)C)n1. The minimum atomic E-state index is -0.496. The Kier molecular flexibility index (Phi) is 3.82. The Labute approximate surface area is 99.8 Å². The van der Waals surface area contributed by atoms with Gasteiger partial charge in [0.1, 0.15) is 6.20 Å². The van der Waals surface area contributed by atoms with Gasteiger partial charge in [0.15, 0.2) is 0 Å². The van der Waals surface area contributed by atoms with Gasteiger partial charge in [-0.1, -0.05) is 0 Å². The number of nitrogens with zero attached hydrogens (tertiary/aromatic N) is 3. The molecular formula is C10H17N5O2. The van der Waals surface area contributed by atoms with Gasteiger partial charge >= 0.3 is 5.69 Å². The largest absolute Gasteiger partial charge is 0.360 e. The number of rotatable bonds is 4. The second kappa shape index (κ2) is 4.94. The summed E-state index contributed by atoms with van der Waals surface area (Å²) in [5.41, 5.74) is -0.427. The summed E-state index contributed by atoms with van der Waals surface area (Å²) >= 11 is 0. The molecule has 1 rings (SSSR count). The first-order valence-corrected chi connectivity index (χ1v) is 5.37. The predicted molar refractivity (Wildman–Crippen MR) is 66.2 cm³/mol. The van der Waals surface area contributed by atoms with Crippen LogP contribution in [0.25, 0.3) is 0 Å². The van der Waals surface area contributed by atoms with E-state index in [2.05, 4.69) is 20.6 Å². The molecule has 1 aromatic heterocycles. The van der Waals surface area contributed by atoms with E-state index >= 15 is 0 Å². The molecule has 0 aliphatic carbocycles. The molecule has 0 aromatic carbocycles. The zero-order valence-corrected chi connectivity index (χ0v) is 10.4. The van der Waals surface area contributed by atoms with Crippen LogP contribution in [0, 0.1) is 10.1 Å². The maximum absolute atomic E-state index is 10.8. The van der Waals surface area contributed by atoms with Gasteiger partial charge in [-0.2, -0.15) is 4.98 Å². The average molecular weight is 239 g/mol. The summed E-state index contributed by atoms with van der Waals surface area (Å²) in [6, 6.07) is 0. The van der Waals surface area contributed by atoms with Crippen molar-refractivity contribution in [3.05, 3.63) is 16.3 Å². The van der Waals surface area contributed by atoms with Gasteiger partial charge in [-0.25, -0.2) is 4.98 Å². The third kappa shape index (κ3) is 3.86. The van der Waals surface area contributed by atoms with Gasteiger partial charge in [-0.05, 0) is 27.7 Å². The number of nitrogens with one attached hydrogen (secondary N) is 2.